The zero-order valence-corrected chi connectivity index (χ0v) is 22.5. The Morgan fingerprint density at radius 3 is 2.28 bits per heavy atom. The largest absolute Gasteiger partial charge is 0.493 e. The van der Waals surface area contributed by atoms with Gasteiger partial charge in [-0.3, -0.25) is 4.79 Å². The lowest BCUT2D eigenvalue weighted by molar-refractivity contribution is -0.143. The number of rotatable bonds is 7. The summed E-state index contributed by atoms with van der Waals surface area (Å²) < 4.78 is 16.5. The number of carbonyl (C=O) groups excluding carboxylic acids is 2. The number of ketones is 1. The van der Waals surface area contributed by atoms with E-state index in [-0.39, 0.29) is 17.8 Å². The van der Waals surface area contributed by atoms with Gasteiger partial charge >= 0.3 is 5.97 Å². The van der Waals surface area contributed by atoms with E-state index in [4.69, 9.17) is 14.2 Å². The lowest BCUT2D eigenvalue weighted by Crippen LogP contribution is -2.36. The SMILES string of the molecule is COc1ccc([C@@H]2CC(=O)C3=C(C2)NC(C)=C(C(=O)OC(C)C)[C@@H]3c2ccc(SC)cc2)cc1OC. The molecule has 36 heavy (non-hydrogen) atoms. The quantitative estimate of drug-likeness (QED) is 0.378. The Morgan fingerprint density at radius 2 is 1.67 bits per heavy atom. The second kappa shape index (κ2) is 10.8. The zero-order chi connectivity index (χ0) is 26.0. The van der Waals surface area contributed by atoms with Gasteiger partial charge in [0.2, 0.25) is 0 Å². The first-order chi connectivity index (χ1) is 17.3. The van der Waals surface area contributed by atoms with Crippen LogP contribution in [-0.4, -0.2) is 38.3 Å². The molecule has 0 fully saturated rings. The van der Waals surface area contributed by atoms with Gasteiger partial charge in [0.15, 0.2) is 17.3 Å². The van der Waals surface area contributed by atoms with Crippen molar-refractivity contribution in [2.45, 2.75) is 56.4 Å². The summed E-state index contributed by atoms with van der Waals surface area (Å²) in [5, 5.41) is 3.40. The molecule has 7 heteroatoms. The standard InChI is InChI=1S/C29H33NO5S/c1-16(2)35-29(32)26-17(3)30-22-13-20(19-9-12-24(33-4)25(15-19)34-5)14-23(31)28(22)27(26)18-7-10-21(36-6)11-8-18/h7-12,15-16,20,27,30H,13-14H2,1-6H3/t20-,27-/m0/s1. The molecule has 190 valence electrons. The molecule has 1 heterocycles. The van der Waals surface area contributed by atoms with Gasteiger partial charge < -0.3 is 19.5 Å². The summed E-state index contributed by atoms with van der Waals surface area (Å²) in [6, 6.07) is 13.9. The van der Waals surface area contributed by atoms with Crippen molar-refractivity contribution in [3.63, 3.8) is 0 Å². The van der Waals surface area contributed by atoms with Crippen molar-refractivity contribution in [2.75, 3.05) is 20.5 Å². The molecule has 2 aromatic carbocycles. The summed E-state index contributed by atoms with van der Waals surface area (Å²) in [5.41, 5.74) is 4.67. The van der Waals surface area contributed by atoms with Gasteiger partial charge in [-0.05, 0) is 74.8 Å². The number of Topliss-reactive ketones (excluding diaryl/α,β-unsaturated/α-hetero) is 1. The highest BCUT2D eigenvalue weighted by atomic mass is 32.2. The number of allylic oxidation sites excluding steroid dienone is 3. The van der Waals surface area contributed by atoms with Gasteiger partial charge in [0.1, 0.15) is 0 Å². The van der Waals surface area contributed by atoms with E-state index in [0.29, 0.717) is 35.5 Å². The van der Waals surface area contributed by atoms with Gasteiger partial charge in [-0.15, -0.1) is 11.8 Å². The second-order valence-corrected chi connectivity index (χ2v) is 10.2. The molecule has 2 aliphatic rings. The van der Waals surface area contributed by atoms with Gasteiger partial charge in [-0.1, -0.05) is 18.2 Å². The van der Waals surface area contributed by atoms with Crippen molar-refractivity contribution < 1.29 is 23.8 Å². The summed E-state index contributed by atoms with van der Waals surface area (Å²) in [4.78, 5) is 28.1. The molecule has 1 N–H and O–H groups in total. The van der Waals surface area contributed by atoms with E-state index in [1.165, 1.54) is 0 Å². The predicted octanol–water partition coefficient (Wildman–Crippen LogP) is 5.74. The number of carbonyl (C=O) groups is 2. The number of hydrogen-bond acceptors (Lipinski definition) is 7. The van der Waals surface area contributed by atoms with Crippen molar-refractivity contribution in [3.8, 4) is 11.5 Å². The van der Waals surface area contributed by atoms with Crippen LogP contribution in [0.4, 0.5) is 0 Å². The molecule has 1 aliphatic heterocycles. The van der Waals surface area contributed by atoms with Crippen LogP contribution in [0.15, 0.2) is 69.9 Å². The Bertz CT molecular complexity index is 1230. The predicted molar refractivity (Wildman–Crippen MR) is 142 cm³/mol. The fourth-order valence-electron chi connectivity index (χ4n) is 5.06. The summed E-state index contributed by atoms with van der Waals surface area (Å²) in [6.45, 7) is 5.54. The summed E-state index contributed by atoms with van der Waals surface area (Å²) in [5.74, 6) is 0.447. The van der Waals surface area contributed by atoms with Gasteiger partial charge in [0.05, 0.1) is 25.9 Å². The van der Waals surface area contributed by atoms with E-state index in [0.717, 1.165) is 27.4 Å². The topological polar surface area (TPSA) is 73.9 Å². The van der Waals surface area contributed by atoms with Crippen molar-refractivity contribution in [1.82, 2.24) is 5.32 Å². The number of dihydropyridines is 1. The molecule has 0 radical (unpaired) electrons. The van der Waals surface area contributed by atoms with Gasteiger partial charge in [-0.2, -0.15) is 0 Å². The van der Waals surface area contributed by atoms with E-state index < -0.39 is 11.9 Å². The Hall–Kier alpha value is -3.19. The van der Waals surface area contributed by atoms with Crippen LogP contribution in [0.1, 0.15) is 56.6 Å². The minimum atomic E-state index is -0.470. The number of hydrogen-bond donors (Lipinski definition) is 1. The van der Waals surface area contributed by atoms with Crippen molar-refractivity contribution in [1.29, 1.82) is 0 Å². The van der Waals surface area contributed by atoms with Crippen LogP contribution in [0.5, 0.6) is 11.5 Å². The van der Waals surface area contributed by atoms with Crippen LogP contribution in [0, 0.1) is 0 Å². The molecule has 6 nitrogen and oxygen atoms in total. The van der Waals surface area contributed by atoms with Crippen LogP contribution in [0.25, 0.3) is 0 Å². The first-order valence-electron chi connectivity index (χ1n) is 12.1. The Balaban J connectivity index is 1.77. The fourth-order valence-corrected chi connectivity index (χ4v) is 5.47. The highest BCUT2D eigenvalue weighted by molar-refractivity contribution is 7.98. The summed E-state index contributed by atoms with van der Waals surface area (Å²) >= 11 is 1.65. The molecule has 0 spiro atoms. The number of thioether (sulfide) groups is 1. The molecule has 2 aromatic rings. The van der Waals surface area contributed by atoms with E-state index in [9.17, 15) is 9.59 Å². The number of ether oxygens (including phenoxy) is 3. The maximum atomic E-state index is 13.8. The molecule has 1 aliphatic carbocycles. The molecule has 0 amide bonds. The summed E-state index contributed by atoms with van der Waals surface area (Å²) in [7, 11) is 3.21. The fraction of sp³-hybridized carbons (Fsp3) is 0.379. The minimum Gasteiger partial charge on any atom is -0.493 e. The van der Waals surface area contributed by atoms with Crippen LogP contribution >= 0.6 is 11.8 Å². The lowest BCUT2D eigenvalue weighted by Gasteiger charge is -2.37. The molecule has 0 saturated heterocycles. The van der Waals surface area contributed by atoms with Gasteiger partial charge in [0, 0.05) is 34.2 Å². The Morgan fingerprint density at radius 1 is 1.00 bits per heavy atom. The first kappa shape index (κ1) is 25.9. The molecular weight excluding hydrogens is 474 g/mol. The monoisotopic (exact) mass is 507 g/mol. The Labute approximate surface area is 217 Å². The maximum Gasteiger partial charge on any atom is 0.337 e. The summed E-state index contributed by atoms with van der Waals surface area (Å²) in [6.07, 6.45) is 2.76. The molecule has 0 saturated carbocycles. The molecular formula is C29H33NO5S. The van der Waals surface area contributed by atoms with Crippen LogP contribution in [-0.2, 0) is 14.3 Å². The van der Waals surface area contributed by atoms with Crippen molar-refractivity contribution >= 4 is 23.5 Å². The zero-order valence-electron chi connectivity index (χ0n) is 21.6. The molecule has 0 bridgehead atoms. The van der Waals surface area contributed by atoms with Gasteiger partial charge in [0.25, 0.3) is 0 Å². The van der Waals surface area contributed by atoms with Crippen LogP contribution in [0.2, 0.25) is 0 Å². The normalized spacial score (nSPS) is 19.7. The molecule has 4 rings (SSSR count). The van der Waals surface area contributed by atoms with Gasteiger partial charge in [-0.25, -0.2) is 4.79 Å². The lowest BCUT2D eigenvalue weighted by atomic mass is 9.71. The third-order valence-electron chi connectivity index (χ3n) is 6.72. The molecule has 2 atom stereocenters. The highest BCUT2D eigenvalue weighted by Gasteiger charge is 2.41. The average molecular weight is 508 g/mol. The third kappa shape index (κ3) is 5.03. The number of methoxy groups -OCH3 is 2. The van der Waals surface area contributed by atoms with E-state index in [2.05, 4.69) is 5.32 Å². The number of esters is 1. The Kier molecular flexibility index (Phi) is 7.79. The van der Waals surface area contributed by atoms with Crippen LogP contribution < -0.4 is 14.8 Å². The second-order valence-electron chi connectivity index (χ2n) is 9.36. The third-order valence-corrected chi connectivity index (χ3v) is 7.46. The molecule has 0 aromatic heterocycles. The van der Waals surface area contributed by atoms with Crippen molar-refractivity contribution in [3.05, 3.63) is 76.1 Å². The van der Waals surface area contributed by atoms with E-state index >= 15 is 0 Å². The number of benzene rings is 2. The van der Waals surface area contributed by atoms with Crippen LogP contribution in [0.3, 0.4) is 0 Å². The highest BCUT2D eigenvalue weighted by Crippen LogP contribution is 2.46. The molecule has 0 unspecified atom stereocenters. The van der Waals surface area contributed by atoms with E-state index in [1.807, 2.05) is 69.5 Å². The average Bonchev–Trinajstić information content (AvgIpc) is 2.86. The first-order valence-corrected chi connectivity index (χ1v) is 13.3. The minimum absolute atomic E-state index is 0.0139. The number of nitrogens with one attached hydrogen (secondary N) is 1. The maximum absolute atomic E-state index is 13.8. The smallest absolute Gasteiger partial charge is 0.337 e. The van der Waals surface area contributed by atoms with Crippen molar-refractivity contribution in [2.24, 2.45) is 0 Å². The van der Waals surface area contributed by atoms with E-state index in [1.54, 1.807) is 26.0 Å².